The van der Waals surface area contributed by atoms with Crippen LogP contribution in [-0.2, 0) is 34.0 Å². The highest BCUT2D eigenvalue weighted by Crippen LogP contribution is 2.47. The van der Waals surface area contributed by atoms with Gasteiger partial charge in [0.2, 0.25) is 35.5 Å². The maximum absolute atomic E-state index is 12.7. The van der Waals surface area contributed by atoms with Crippen molar-refractivity contribution in [2.45, 2.75) is 216 Å². The first kappa shape index (κ1) is 94.7. The number of hydrogen-bond donors (Lipinski definition) is 5. The number of hydrogen-bond acceptors (Lipinski definition) is 21. The molecule has 0 radical (unpaired) electrons. The van der Waals surface area contributed by atoms with E-state index in [1.807, 2.05) is 109 Å². The molecule has 2 atom stereocenters. The number of benzene rings is 3. The monoisotopic (exact) mass is 1930 g/mol. The van der Waals surface area contributed by atoms with E-state index in [-0.39, 0.29) is 53.6 Å². The second-order valence-corrected chi connectivity index (χ2v) is 40.0. The van der Waals surface area contributed by atoms with E-state index in [4.69, 9.17) is 129 Å². The molecule has 5 saturated heterocycles. The Labute approximate surface area is 816 Å². The number of piperidine rings is 5. The maximum Gasteiger partial charge on any atom is 0.245 e. The number of halogens is 6. The zero-order valence-electron chi connectivity index (χ0n) is 76.5. The molecule has 12 heterocycles. The summed E-state index contributed by atoms with van der Waals surface area (Å²) < 4.78 is 13.7. The molecule has 10 aromatic rings. The lowest BCUT2D eigenvalue weighted by Gasteiger charge is -2.43. The van der Waals surface area contributed by atoms with Gasteiger partial charge in [-0.1, -0.05) is 145 Å². The van der Waals surface area contributed by atoms with Crippen LogP contribution in [0.2, 0.25) is 30.1 Å². The molecule has 18 rings (SSSR count). The quantitative estimate of drug-likeness (QED) is 0.0159. The van der Waals surface area contributed by atoms with Crippen LogP contribution >= 0.6 is 69.6 Å². The molecular weight excluding hydrogens is 1810 g/mol. The van der Waals surface area contributed by atoms with Gasteiger partial charge < -0.3 is 59.7 Å². The van der Waals surface area contributed by atoms with Crippen LogP contribution in [0.3, 0.4) is 0 Å². The number of carbonyl (C=O) groups is 2. The fourth-order valence-corrected chi connectivity index (χ4v) is 22.3. The summed E-state index contributed by atoms with van der Waals surface area (Å²) in [7, 11) is 1.75. The Morgan fingerprint density at radius 1 is 0.485 bits per heavy atom. The number of likely N-dealkylation sites (tertiary alicyclic amines) is 2. The summed E-state index contributed by atoms with van der Waals surface area (Å²) >= 11 is 40.8. The Morgan fingerprint density at radius 3 is 1.47 bits per heavy atom. The van der Waals surface area contributed by atoms with Gasteiger partial charge in [0.05, 0.1) is 94.6 Å². The summed E-state index contributed by atoms with van der Waals surface area (Å²) in [5.41, 5.74) is 9.87. The first-order valence-electron chi connectivity index (χ1n) is 48.6. The number of carbonyl (C=O) groups excluding carboxylic acids is 2. The van der Waals surface area contributed by atoms with Gasteiger partial charge in [0.25, 0.3) is 0 Å². The third-order valence-corrected chi connectivity index (χ3v) is 31.1. The van der Waals surface area contributed by atoms with Crippen LogP contribution in [0.5, 0.6) is 0 Å². The lowest BCUT2D eigenvalue weighted by molar-refractivity contribution is -0.127. The van der Waals surface area contributed by atoms with Crippen molar-refractivity contribution in [2.24, 2.45) is 17.8 Å². The first-order chi connectivity index (χ1) is 65.5. The standard InChI is InChI=1S/C102H121Cl6N23O3/c1-4-89(132)125(3)56-58-134-59-57-130-95(85-33-47-112-100(119-85)115-73-12-8-6-9-13-73)92(70-17-25-79(104)82(107)61-70)124-99(130)77-41-54-128(76-22-20-75(21-23-76)117-102-114-46-32-84(118-102)94-91(69-16-24-78(103)81(106)60-69)122-97(67-28-42-109-43-29-67)129(94)55-40-65-36-52-127(53-37-65)90(133)5-2)64-72(77)19-27-87-111-49-35-88(121-87)126-50-38-66(39-51-126)63-131-96(86-34-48-113-101(120-86)116-74-14-10-7-11-15-74)93(71-18-26-80(105)83(108)62-71)123-98(131)68-30-44-110-45-31-68/h4-5,16-18,24-26,32-35,46-49,60-62,65-68,72-77,109-110H,1-2,6-15,20-23,28-31,36-45,50-59,63-64H2,3H3,(H,112,115,119)(H,113,116,120)(H,114,117,118). The summed E-state index contributed by atoms with van der Waals surface area (Å²) in [6.45, 7) is 18.4. The predicted octanol–water partition coefficient (Wildman–Crippen LogP) is 20.1. The number of anilines is 4. The molecule has 3 aliphatic carbocycles. The molecule has 704 valence electrons. The van der Waals surface area contributed by atoms with Gasteiger partial charge in [-0.25, -0.2) is 54.8 Å². The normalized spacial score (nSPS) is 20.1. The van der Waals surface area contributed by atoms with Gasteiger partial charge in [-0.3, -0.25) is 14.5 Å². The highest BCUT2D eigenvalue weighted by atomic mass is 35.5. The number of ether oxygens (including phenoxy) is 1. The van der Waals surface area contributed by atoms with Crippen molar-refractivity contribution >= 4 is 105 Å². The van der Waals surface area contributed by atoms with E-state index in [2.05, 4.69) is 75.1 Å². The second kappa shape index (κ2) is 44.7. The number of aromatic nitrogens is 14. The smallest absolute Gasteiger partial charge is 0.245 e. The van der Waals surface area contributed by atoms with Gasteiger partial charge in [0.15, 0.2) is 0 Å². The number of likely N-dealkylation sites (N-methyl/N-ethyl adjacent to an activating group) is 1. The van der Waals surface area contributed by atoms with Crippen molar-refractivity contribution in [1.82, 2.24) is 93.9 Å². The highest BCUT2D eigenvalue weighted by molar-refractivity contribution is 6.43. The van der Waals surface area contributed by atoms with Crippen molar-refractivity contribution < 1.29 is 14.3 Å². The zero-order valence-corrected chi connectivity index (χ0v) is 81.0. The van der Waals surface area contributed by atoms with Crippen LogP contribution in [0.15, 0.2) is 129 Å². The molecule has 134 heavy (non-hydrogen) atoms. The van der Waals surface area contributed by atoms with Crippen molar-refractivity contribution in [3.8, 4) is 79.8 Å². The zero-order chi connectivity index (χ0) is 92.1. The Kier molecular flexibility index (Phi) is 31.6. The molecule has 26 nitrogen and oxygen atoms in total. The van der Waals surface area contributed by atoms with Crippen LogP contribution < -0.4 is 31.5 Å². The molecule has 8 fully saturated rings. The molecule has 7 aromatic heterocycles. The van der Waals surface area contributed by atoms with Crippen molar-refractivity contribution in [1.29, 1.82) is 0 Å². The number of rotatable bonds is 30. The minimum Gasteiger partial charge on any atom is -0.378 e. The van der Waals surface area contributed by atoms with Crippen LogP contribution in [0.25, 0.3) is 67.9 Å². The number of nitrogens with zero attached hydrogens (tertiary/aromatic N) is 18. The van der Waals surface area contributed by atoms with Gasteiger partial charge >= 0.3 is 0 Å². The third-order valence-electron chi connectivity index (χ3n) is 28.9. The number of imidazole rings is 3. The molecule has 0 bridgehead atoms. The van der Waals surface area contributed by atoms with E-state index in [1.54, 1.807) is 11.9 Å². The van der Waals surface area contributed by atoms with Gasteiger partial charge in [-0.05, 0) is 239 Å². The van der Waals surface area contributed by atoms with Gasteiger partial charge in [-0.15, -0.1) is 0 Å². The van der Waals surface area contributed by atoms with E-state index in [1.165, 1.54) is 37.8 Å². The first-order valence-corrected chi connectivity index (χ1v) is 50.9. The minimum atomic E-state index is -0.275. The molecular formula is C102H121Cl6N23O3. The van der Waals surface area contributed by atoms with Crippen LogP contribution in [0.1, 0.15) is 195 Å². The second-order valence-electron chi connectivity index (χ2n) is 37.5. The van der Waals surface area contributed by atoms with Crippen molar-refractivity contribution in [3.05, 3.63) is 182 Å². The SMILES string of the molecule is C=CC(=O)N(C)CCOCCn1c(C2CCN(C3CCC(Nc4nccc(-c5c(-c6ccc(Cl)c(Cl)c6)nc(C6CCNCC6)n5CCC5CCN(C(=O)C=C)CC5)n4)CC3)CC2C#Cc2nccc(N3CCC(Cn4c(C5CCNCC5)nc(-c5ccc(Cl)c(Cl)c5)c4-c4ccnc(NC5CCCCC5)n4)CC3)n2)nc(-c2ccc(Cl)c(Cl)c2)c1-c1ccnc(NC2CCCCC2)n1. The van der Waals surface area contributed by atoms with Gasteiger partial charge in [-0.2, -0.15) is 0 Å². The summed E-state index contributed by atoms with van der Waals surface area (Å²) in [6.07, 6.45) is 34.4. The molecule has 5 aliphatic heterocycles. The highest BCUT2D eigenvalue weighted by Gasteiger charge is 2.41. The molecule has 32 heteroatoms. The third kappa shape index (κ3) is 22.6. The van der Waals surface area contributed by atoms with E-state index in [0.717, 1.165) is 267 Å². The van der Waals surface area contributed by atoms with Crippen LogP contribution in [0.4, 0.5) is 23.7 Å². The maximum atomic E-state index is 12.7. The average molecular weight is 1930 g/mol. The van der Waals surface area contributed by atoms with Crippen molar-refractivity contribution in [3.63, 3.8) is 0 Å². The van der Waals surface area contributed by atoms with Gasteiger partial charge in [0.1, 0.15) is 23.3 Å². The topological polar surface area (TPSA) is 273 Å². The minimum absolute atomic E-state index is 0.00985. The Morgan fingerprint density at radius 2 is 0.963 bits per heavy atom. The predicted molar refractivity (Wildman–Crippen MR) is 536 cm³/mol. The van der Waals surface area contributed by atoms with Crippen molar-refractivity contribution in [2.75, 3.05) is 113 Å². The van der Waals surface area contributed by atoms with E-state index in [9.17, 15) is 9.59 Å². The summed E-state index contributed by atoms with van der Waals surface area (Å²) in [6, 6.07) is 26.3. The number of amides is 2. The number of nitrogens with one attached hydrogen (secondary N) is 5. The molecule has 2 unspecified atom stereocenters. The lowest BCUT2D eigenvalue weighted by atomic mass is 9.82. The summed E-state index contributed by atoms with van der Waals surface area (Å²) in [4.78, 5) is 92.1. The Hall–Kier alpha value is -9.63. The van der Waals surface area contributed by atoms with E-state index < -0.39 is 0 Å². The van der Waals surface area contributed by atoms with Gasteiger partial charge in [0, 0.05) is 155 Å². The van der Waals surface area contributed by atoms with Crippen LogP contribution in [-0.4, -0.2) is 211 Å². The molecule has 2 amide bonds. The molecule has 3 aromatic carbocycles. The van der Waals surface area contributed by atoms with E-state index >= 15 is 0 Å². The molecule has 3 saturated carbocycles. The fraction of sp³-hybridized carbons (Fsp3) is 0.500. The fourth-order valence-electron chi connectivity index (χ4n) is 21.5. The summed E-state index contributed by atoms with van der Waals surface area (Å²) in [5, 5.41) is 21.2. The molecule has 5 N–H and O–H groups in total. The Bertz CT molecular complexity index is 5850. The Balaban J connectivity index is 0.647. The van der Waals surface area contributed by atoms with E-state index in [0.29, 0.717) is 129 Å². The molecule has 0 spiro atoms. The largest absolute Gasteiger partial charge is 0.378 e. The average Bonchev–Trinajstić information content (AvgIpc) is 1.60. The molecule has 8 aliphatic rings. The summed E-state index contributed by atoms with van der Waals surface area (Å²) in [5.74, 6) is 14.1. The van der Waals surface area contributed by atoms with Crippen LogP contribution in [0, 0.1) is 29.6 Å². The lowest BCUT2D eigenvalue weighted by Crippen LogP contribution is -2.47.